The summed E-state index contributed by atoms with van der Waals surface area (Å²) in [6.45, 7) is 1.56. The second kappa shape index (κ2) is 7.88. The van der Waals surface area contributed by atoms with Gasteiger partial charge in [0.2, 0.25) is 11.8 Å². The molecule has 8 heteroatoms. The van der Waals surface area contributed by atoms with E-state index in [0.29, 0.717) is 17.8 Å². The molecule has 2 unspecified atom stereocenters. The van der Waals surface area contributed by atoms with Gasteiger partial charge in [-0.15, -0.1) is 0 Å². The molecule has 0 radical (unpaired) electrons. The first-order chi connectivity index (χ1) is 17.1. The van der Waals surface area contributed by atoms with Crippen LogP contribution < -0.4 is 10.2 Å². The van der Waals surface area contributed by atoms with Gasteiger partial charge in [-0.3, -0.25) is 14.7 Å². The summed E-state index contributed by atoms with van der Waals surface area (Å²) < 4.78 is 5.43. The number of benzene rings is 1. The van der Waals surface area contributed by atoms with Crippen LogP contribution in [0.15, 0.2) is 42.7 Å². The number of amides is 2. The van der Waals surface area contributed by atoms with Gasteiger partial charge in [0.25, 0.3) is 0 Å². The second-order valence-electron chi connectivity index (χ2n) is 10.7. The predicted octanol–water partition coefficient (Wildman–Crippen LogP) is 2.74. The van der Waals surface area contributed by atoms with Crippen molar-refractivity contribution >= 4 is 28.5 Å². The van der Waals surface area contributed by atoms with Crippen LogP contribution in [-0.4, -0.2) is 52.8 Å². The summed E-state index contributed by atoms with van der Waals surface area (Å²) in [5, 5.41) is 11.1. The largest absolute Gasteiger partial charge is 0.381 e. The Balaban J connectivity index is 1.05. The average Bonchev–Trinajstić information content (AvgIpc) is 3.27. The van der Waals surface area contributed by atoms with Crippen LogP contribution in [0.4, 0.5) is 5.69 Å². The molecule has 2 saturated carbocycles. The highest BCUT2D eigenvalue weighted by Gasteiger charge is 2.56. The average molecular weight is 472 g/mol. The maximum absolute atomic E-state index is 13.9. The molecule has 2 aliphatic heterocycles. The standard InChI is InChI=1S/C27H29N5O3/c33-23(30-24-19-14-35-15-20(19)24)13-32-22-4-2-1-3-21(22)27(26(32)34)7-5-16(6-8-27)9-17-10-18-12-29-31-25(18)28-11-17/h1-4,10-12,16,19-20,24H,5-9,13-15H2,(H,30,33)(H,28,29,31). The van der Waals surface area contributed by atoms with Crippen LogP contribution >= 0.6 is 0 Å². The van der Waals surface area contributed by atoms with E-state index in [-0.39, 0.29) is 24.4 Å². The summed E-state index contributed by atoms with van der Waals surface area (Å²) in [7, 11) is 0. The van der Waals surface area contributed by atoms with Gasteiger partial charge in [0.1, 0.15) is 6.54 Å². The lowest BCUT2D eigenvalue weighted by molar-refractivity contribution is -0.127. The number of para-hydroxylation sites is 1. The van der Waals surface area contributed by atoms with Crippen LogP contribution in [0.5, 0.6) is 0 Å². The highest BCUT2D eigenvalue weighted by atomic mass is 16.5. The van der Waals surface area contributed by atoms with E-state index in [1.165, 1.54) is 5.56 Å². The zero-order chi connectivity index (χ0) is 23.6. The fourth-order valence-corrected chi connectivity index (χ4v) is 6.77. The minimum absolute atomic E-state index is 0.0690. The molecule has 2 N–H and O–H groups in total. The first kappa shape index (κ1) is 21.1. The van der Waals surface area contributed by atoms with Gasteiger partial charge >= 0.3 is 0 Å². The third-order valence-electron chi connectivity index (χ3n) is 8.78. The fraction of sp³-hybridized carbons (Fsp3) is 0.481. The van der Waals surface area contributed by atoms with Crippen LogP contribution in [0.2, 0.25) is 0 Å². The SMILES string of the molecule is O=C(CN1C(=O)C2(CCC(Cc3cnc4[nH]ncc4c3)CC2)c2ccccc21)NC1C2COCC21. The molecule has 1 aromatic carbocycles. The molecule has 180 valence electrons. The molecule has 7 rings (SSSR count). The Hall–Kier alpha value is -3.26. The van der Waals surface area contributed by atoms with Crippen molar-refractivity contribution in [1.29, 1.82) is 0 Å². The molecule has 35 heavy (non-hydrogen) atoms. The highest BCUT2D eigenvalue weighted by Crippen LogP contribution is 2.51. The van der Waals surface area contributed by atoms with Crippen LogP contribution in [-0.2, 0) is 26.2 Å². The number of hydrogen-bond acceptors (Lipinski definition) is 5. The number of hydrogen-bond donors (Lipinski definition) is 2. The van der Waals surface area contributed by atoms with E-state index >= 15 is 0 Å². The molecule has 2 aromatic heterocycles. The number of nitrogens with one attached hydrogen (secondary N) is 2. The summed E-state index contributed by atoms with van der Waals surface area (Å²) in [4.78, 5) is 32.9. The number of carbonyl (C=O) groups is 2. The van der Waals surface area contributed by atoms with Crippen molar-refractivity contribution < 1.29 is 14.3 Å². The van der Waals surface area contributed by atoms with E-state index in [0.717, 1.165) is 67.6 Å². The maximum atomic E-state index is 13.9. The lowest BCUT2D eigenvalue weighted by Gasteiger charge is -2.36. The van der Waals surface area contributed by atoms with E-state index in [1.807, 2.05) is 30.6 Å². The summed E-state index contributed by atoms with van der Waals surface area (Å²) in [5.74, 6) is 1.44. The zero-order valence-corrected chi connectivity index (χ0v) is 19.6. The molecule has 1 saturated heterocycles. The molecule has 2 aliphatic carbocycles. The van der Waals surface area contributed by atoms with Gasteiger partial charge in [-0.1, -0.05) is 18.2 Å². The summed E-state index contributed by atoms with van der Waals surface area (Å²) >= 11 is 0. The minimum atomic E-state index is -0.510. The number of carbonyl (C=O) groups excluding carboxylic acids is 2. The third kappa shape index (κ3) is 3.37. The van der Waals surface area contributed by atoms with Crippen molar-refractivity contribution in [2.24, 2.45) is 17.8 Å². The number of aromatic amines is 1. The van der Waals surface area contributed by atoms with Crippen molar-refractivity contribution in [1.82, 2.24) is 20.5 Å². The van der Waals surface area contributed by atoms with Gasteiger partial charge in [0.15, 0.2) is 5.65 Å². The second-order valence-corrected chi connectivity index (χ2v) is 10.7. The molecule has 2 atom stereocenters. The van der Waals surface area contributed by atoms with Crippen molar-refractivity contribution in [3.63, 3.8) is 0 Å². The molecule has 3 fully saturated rings. The lowest BCUT2D eigenvalue weighted by atomic mass is 9.66. The number of pyridine rings is 1. The van der Waals surface area contributed by atoms with Crippen molar-refractivity contribution in [3.05, 3.63) is 53.9 Å². The Morgan fingerprint density at radius 1 is 1.17 bits per heavy atom. The molecular formula is C27H29N5O3. The van der Waals surface area contributed by atoms with Crippen LogP contribution in [0, 0.1) is 17.8 Å². The Morgan fingerprint density at radius 2 is 1.97 bits per heavy atom. The molecule has 4 aliphatic rings. The topological polar surface area (TPSA) is 100 Å². The van der Waals surface area contributed by atoms with E-state index in [9.17, 15) is 9.59 Å². The molecule has 4 heterocycles. The van der Waals surface area contributed by atoms with Gasteiger partial charge < -0.3 is 15.0 Å². The Morgan fingerprint density at radius 3 is 2.80 bits per heavy atom. The number of H-pyrrole nitrogens is 1. The molecule has 0 bridgehead atoms. The predicted molar refractivity (Wildman–Crippen MR) is 130 cm³/mol. The monoisotopic (exact) mass is 471 g/mol. The molecule has 2 amide bonds. The van der Waals surface area contributed by atoms with Gasteiger partial charge in [-0.25, -0.2) is 4.98 Å². The quantitative estimate of drug-likeness (QED) is 0.596. The van der Waals surface area contributed by atoms with Gasteiger partial charge in [0, 0.05) is 35.1 Å². The van der Waals surface area contributed by atoms with Crippen molar-refractivity contribution in [2.45, 2.75) is 43.6 Å². The summed E-state index contributed by atoms with van der Waals surface area (Å²) in [6, 6.07) is 10.4. The van der Waals surface area contributed by atoms with Gasteiger partial charge in [-0.2, -0.15) is 5.10 Å². The van der Waals surface area contributed by atoms with E-state index < -0.39 is 5.41 Å². The molecule has 8 nitrogen and oxygen atoms in total. The summed E-state index contributed by atoms with van der Waals surface area (Å²) in [5.41, 5.74) is 3.51. The van der Waals surface area contributed by atoms with Gasteiger partial charge in [0.05, 0.1) is 24.8 Å². The van der Waals surface area contributed by atoms with E-state index in [4.69, 9.17) is 4.74 Å². The normalized spacial score (nSPS) is 31.1. The number of nitrogens with zero attached hydrogens (tertiary/aromatic N) is 3. The maximum Gasteiger partial charge on any atom is 0.240 e. The zero-order valence-electron chi connectivity index (χ0n) is 19.6. The number of fused-ring (bicyclic) bond motifs is 4. The Kier molecular flexibility index (Phi) is 4.74. The minimum Gasteiger partial charge on any atom is -0.381 e. The van der Waals surface area contributed by atoms with E-state index in [2.05, 4.69) is 32.6 Å². The molecule has 3 aromatic rings. The first-order valence-corrected chi connectivity index (χ1v) is 12.7. The van der Waals surface area contributed by atoms with Gasteiger partial charge in [-0.05, 0) is 61.3 Å². The first-order valence-electron chi connectivity index (χ1n) is 12.7. The van der Waals surface area contributed by atoms with Crippen LogP contribution in [0.25, 0.3) is 11.0 Å². The van der Waals surface area contributed by atoms with E-state index in [1.54, 1.807) is 4.90 Å². The molecule has 1 spiro atoms. The Bertz CT molecular complexity index is 1300. The van der Waals surface area contributed by atoms with Crippen molar-refractivity contribution in [2.75, 3.05) is 24.7 Å². The summed E-state index contributed by atoms with van der Waals surface area (Å²) in [6.07, 6.45) is 8.29. The van der Waals surface area contributed by atoms with Crippen LogP contribution in [0.1, 0.15) is 36.8 Å². The highest BCUT2D eigenvalue weighted by molar-refractivity contribution is 6.10. The molecular weight excluding hydrogens is 442 g/mol. The smallest absolute Gasteiger partial charge is 0.240 e. The Labute approximate surface area is 203 Å². The van der Waals surface area contributed by atoms with Crippen molar-refractivity contribution in [3.8, 4) is 0 Å². The third-order valence-corrected chi connectivity index (χ3v) is 8.78. The fourth-order valence-electron chi connectivity index (χ4n) is 6.77. The van der Waals surface area contributed by atoms with Crippen LogP contribution in [0.3, 0.4) is 0 Å². The number of aromatic nitrogens is 3. The lowest BCUT2D eigenvalue weighted by Crippen LogP contribution is -2.47. The number of rotatable bonds is 5. The number of ether oxygens (including phenoxy) is 1. The number of anilines is 1.